The van der Waals surface area contributed by atoms with E-state index < -0.39 is 17.4 Å². The average Bonchev–Trinajstić information content (AvgIpc) is 2.97. The maximum atomic E-state index is 13.7. The minimum absolute atomic E-state index is 0.00915. The lowest BCUT2D eigenvalue weighted by Gasteiger charge is -2.41. The first-order chi connectivity index (χ1) is 10.4. The first-order valence-corrected chi connectivity index (χ1v) is 7.95. The van der Waals surface area contributed by atoms with Crippen LogP contribution in [0.15, 0.2) is 17.5 Å². The fraction of sp³-hybridized carbons (Fsp3) is 0.571. The average molecular weight is 332 g/mol. The number of amides is 2. The Morgan fingerprint density at radius 3 is 2.55 bits per heavy atom. The van der Waals surface area contributed by atoms with Gasteiger partial charge in [-0.3, -0.25) is 9.59 Å². The summed E-state index contributed by atoms with van der Waals surface area (Å²) in [5, 5.41) is 16.1. The van der Waals surface area contributed by atoms with Gasteiger partial charge in [0, 0.05) is 13.1 Å². The zero-order chi connectivity index (χ0) is 16.2. The van der Waals surface area contributed by atoms with Crippen LogP contribution < -0.4 is 10.6 Å². The van der Waals surface area contributed by atoms with Crippen LogP contribution in [-0.2, 0) is 4.79 Å². The number of nitrogens with one attached hydrogen (secondary N) is 2. The highest BCUT2D eigenvalue weighted by Gasteiger charge is 2.60. The third kappa shape index (κ3) is 3.44. The molecule has 1 aliphatic carbocycles. The molecule has 0 atom stereocenters. The van der Waals surface area contributed by atoms with Crippen molar-refractivity contribution in [3.8, 4) is 0 Å². The van der Waals surface area contributed by atoms with Crippen molar-refractivity contribution < 1.29 is 23.5 Å². The van der Waals surface area contributed by atoms with E-state index >= 15 is 0 Å². The van der Waals surface area contributed by atoms with E-state index in [-0.39, 0.29) is 31.8 Å². The second kappa shape index (κ2) is 6.70. The highest BCUT2D eigenvalue weighted by molar-refractivity contribution is 7.12. The molecule has 0 saturated heterocycles. The van der Waals surface area contributed by atoms with Crippen molar-refractivity contribution in [2.45, 2.75) is 37.2 Å². The van der Waals surface area contributed by atoms with Gasteiger partial charge in [-0.25, -0.2) is 0 Å². The first kappa shape index (κ1) is 16.8. The second-order valence-corrected chi connectivity index (χ2v) is 6.25. The molecule has 0 spiro atoms. The molecule has 2 amide bonds. The molecule has 5 nitrogen and oxygen atoms in total. The molecular weight excluding hydrogens is 314 g/mol. The summed E-state index contributed by atoms with van der Waals surface area (Å²) in [6.07, 6.45) is 0.695. The highest BCUT2D eigenvalue weighted by Crippen LogP contribution is 2.44. The number of aliphatic hydroxyl groups is 1. The van der Waals surface area contributed by atoms with E-state index in [1.807, 2.05) is 0 Å². The summed E-state index contributed by atoms with van der Waals surface area (Å²) in [5.74, 6) is -5.46. The third-order valence-corrected chi connectivity index (χ3v) is 4.59. The van der Waals surface area contributed by atoms with Gasteiger partial charge in [-0.2, -0.15) is 8.78 Å². The van der Waals surface area contributed by atoms with Crippen molar-refractivity contribution in [3.63, 3.8) is 0 Å². The van der Waals surface area contributed by atoms with Gasteiger partial charge in [0.05, 0.1) is 4.88 Å². The SMILES string of the molecule is O=C(NCCCNC(=O)C(F)(F)C1(O)CCC1)c1cccs1. The Morgan fingerprint density at radius 2 is 2.00 bits per heavy atom. The smallest absolute Gasteiger partial charge is 0.352 e. The minimum atomic E-state index is -3.77. The van der Waals surface area contributed by atoms with Gasteiger partial charge in [-0.1, -0.05) is 6.07 Å². The largest absolute Gasteiger partial charge is 0.383 e. The van der Waals surface area contributed by atoms with Crippen molar-refractivity contribution in [3.05, 3.63) is 22.4 Å². The Bertz CT molecular complexity index is 530. The molecule has 0 bridgehead atoms. The molecule has 1 aromatic heterocycles. The van der Waals surface area contributed by atoms with Crippen LogP contribution in [0.4, 0.5) is 8.78 Å². The Kier molecular flexibility index (Phi) is 5.12. The highest BCUT2D eigenvalue weighted by atomic mass is 32.1. The zero-order valence-electron chi connectivity index (χ0n) is 11.9. The molecule has 0 unspecified atom stereocenters. The summed E-state index contributed by atoms with van der Waals surface area (Å²) in [7, 11) is 0. The molecule has 1 aromatic rings. The zero-order valence-corrected chi connectivity index (χ0v) is 12.7. The first-order valence-electron chi connectivity index (χ1n) is 7.07. The minimum Gasteiger partial charge on any atom is -0.383 e. The Balaban J connectivity index is 1.66. The molecule has 122 valence electrons. The van der Waals surface area contributed by atoms with Crippen molar-refractivity contribution in [2.24, 2.45) is 0 Å². The van der Waals surface area contributed by atoms with Gasteiger partial charge in [0.15, 0.2) is 0 Å². The number of hydrogen-bond donors (Lipinski definition) is 3. The second-order valence-electron chi connectivity index (χ2n) is 5.30. The molecule has 2 rings (SSSR count). The Hall–Kier alpha value is -1.54. The normalized spacial score (nSPS) is 16.7. The van der Waals surface area contributed by atoms with E-state index in [0.717, 1.165) is 0 Å². The van der Waals surface area contributed by atoms with Gasteiger partial charge in [-0.15, -0.1) is 11.3 Å². The predicted octanol–water partition coefficient (Wildman–Crippen LogP) is 1.53. The molecule has 3 N–H and O–H groups in total. The molecule has 0 aliphatic heterocycles. The summed E-state index contributed by atoms with van der Waals surface area (Å²) >= 11 is 1.31. The molecule has 8 heteroatoms. The maximum Gasteiger partial charge on any atom is 0.352 e. The standard InChI is InChI=1S/C14H18F2N2O3S/c15-14(16,13(21)5-2-6-13)12(20)18-8-3-7-17-11(19)10-4-1-9-22-10/h1,4,9,21H,2-3,5-8H2,(H,17,19)(H,18,20). The maximum absolute atomic E-state index is 13.7. The van der Waals surface area contributed by atoms with Crippen LogP contribution in [0.25, 0.3) is 0 Å². The molecule has 1 heterocycles. The van der Waals surface area contributed by atoms with Crippen molar-refractivity contribution in [1.82, 2.24) is 10.6 Å². The third-order valence-electron chi connectivity index (χ3n) is 3.72. The predicted molar refractivity (Wildman–Crippen MR) is 78.0 cm³/mol. The quantitative estimate of drug-likeness (QED) is 0.663. The summed E-state index contributed by atoms with van der Waals surface area (Å²) < 4.78 is 27.5. The Morgan fingerprint density at radius 1 is 1.32 bits per heavy atom. The van der Waals surface area contributed by atoms with E-state index in [1.54, 1.807) is 17.5 Å². The lowest BCUT2D eigenvalue weighted by Crippen LogP contribution is -2.60. The number of halogens is 2. The number of alkyl halides is 2. The molecule has 1 fully saturated rings. The van der Waals surface area contributed by atoms with Crippen LogP contribution in [0, 0.1) is 0 Å². The van der Waals surface area contributed by atoms with Gasteiger partial charge in [0.25, 0.3) is 11.8 Å². The van der Waals surface area contributed by atoms with Crippen LogP contribution in [0.3, 0.4) is 0 Å². The van der Waals surface area contributed by atoms with Crippen molar-refractivity contribution in [1.29, 1.82) is 0 Å². The lowest BCUT2D eigenvalue weighted by molar-refractivity contribution is -0.215. The van der Waals surface area contributed by atoms with E-state index in [0.29, 0.717) is 17.7 Å². The van der Waals surface area contributed by atoms with Crippen LogP contribution in [0.5, 0.6) is 0 Å². The monoisotopic (exact) mass is 332 g/mol. The fourth-order valence-corrected chi connectivity index (χ4v) is 2.78. The topological polar surface area (TPSA) is 78.4 Å². The number of rotatable bonds is 7. The molecule has 0 radical (unpaired) electrons. The summed E-state index contributed by atoms with van der Waals surface area (Å²) in [5.41, 5.74) is -2.20. The number of hydrogen-bond acceptors (Lipinski definition) is 4. The van der Waals surface area contributed by atoms with Gasteiger partial charge in [0.1, 0.15) is 5.60 Å². The van der Waals surface area contributed by atoms with Crippen molar-refractivity contribution in [2.75, 3.05) is 13.1 Å². The van der Waals surface area contributed by atoms with Crippen LogP contribution in [0.2, 0.25) is 0 Å². The molecule has 1 aliphatic rings. The summed E-state index contributed by atoms with van der Waals surface area (Å²) in [6.45, 7) is 0.280. The van der Waals surface area contributed by atoms with Gasteiger partial charge < -0.3 is 15.7 Å². The van der Waals surface area contributed by atoms with Crippen LogP contribution in [0.1, 0.15) is 35.4 Å². The van der Waals surface area contributed by atoms with E-state index in [2.05, 4.69) is 10.6 Å². The van der Waals surface area contributed by atoms with Crippen molar-refractivity contribution >= 4 is 23.2 Å². The number of thiophene rings is 1. The fourth-order valence-electron chi connectivity index (χ4n) is 2.14. The molecule has 0 aromatic carbocycles. The number of carbonyl (C=O) groups is 2. The van der Waals surface area contributed by atoms with E-state index in [1.165, 1.54) is 11.3 Å². The summed E-state index contributed by atoms with van der Waals surface area (Å²) in [4.78, 5) is 23.7. The van der Waals surface area contributed by atoms with Gasteiger partial charge in [-0.05, 0) is 37.1 Å². The van der Waals surface area contributed by atoms with E-state index in [4.69, 9.17) is 0 Å². The Labute approximate surface area is 130 Å². The van der Waals surface area contributed by atoms with E-state index in [9.17, 15) is 23.5 Å². The van der Waals surface area contributed by atoms with Gasteiger partial charge >= 0.3 is 5.92 Å². The van der Waals surface area contributed by atoms with Crippen LogP contribution in [-0.4, -0.2) is 41.5 Å². The number of carbonyl (C=O) groups excluding carboxylic acids is 2. The molecule has 1 saturated carbocycles. The molecular formula is C14H18F2N2O3S. The molecule has 22 heavy (non-hydrogen) atoms. The van der Waals surface area contributed by atoms with Crippen LogP contribution >= 0.6 is 11.3 Å². The van der Waals surface area contributed by atoms with Gasteiger partial charge in [0.2, 0.25) is 0 Å². The lowest BCUT2D eigenvalue weighted by atomic mass is 9.75. The summed E-state index contributed by atoms with van der Waals surface area (Å²) in [6, 6.07) is 3.44.